The first-order valence-corrected chi connectivity index (χ1v) is 3.82. The van der Waals surface area contributed by atoms with Crippen molar-refractivity contribution in [2.75, 3.05) is 0 Å². The van der Waals surface area contributed by atoms with Crippen LogP contribution in [0.3, 0.4) is 0 Å². The van der Waals surface area contributed by atoms with E-state index in [1.165, 1.54) is 15.7 Å². The molecule has 0 bridgehead atoms. The van der Waals surface area contributed by atoms with Crippen LogP contribution in [-0.2, 0) is 0 Å². The van der Waals surface area contributed by atoms with Gasteiger partial charge in [-0.3, -0.25) is 0 Å². The molecule has 0 saturated carbocycles. The molecule has 0 unspecified atom stereocenters. The maximum absolute atomic E-state index is 4.67. The van der Waals surface area contributed by atoms with E-state index in [4.69, 9.17) is 0 Å². The predicted molar refractivity (Wildman–Crippen MR) is 23.7 cm³/mol. The van der Waals surface area contributed by atoms with E-state index in [9.17, 15) is 0 Å². The van der Waals surface area contributed by atoms with Gasteiger partial charge < -0.3 is 4.42 Å². The van der Waals surface area contributed by atoms with E-state index < -0.39 is 0 Å². The van der Waals surface area contributed by atoms with Crippen molar-refractivity contribution in [2.45, 2.75) is 0 Å². The summed E-state index contributed by atoms with van der Waals surface area (Å²) >= 11 is 0. The average Bonchev–Trinajstić information content (AvgIpc) is 1.76. The van der Waals surface area contributed by atoms with E-state index in [2.05, 4.69) is 4.42 Å². The Kier molecular flexibility index (Phi) is 1.03. The Morgan fingerprint density at radius 3 is 2.00 bits per heavy atom. The minimum absolute atomic E-state index is 1.26. The van der Waals surface area contributed by atoms with Crippen molar-refractivity contribution in [2.24, 2.45) is 0 Å². The van der Waals surface area contributed by atoms with Gasteiger partial charge in [0, 0.05) is 0 Å². The molecule has 0 atom stereocenters. The van der Waals surface area contributed by atoms with Crippen LogP contribution in [0.15, 0.2) is 16.4 Å². The molecular weight excluding hydrogens is 102 g/mol. The Labute approximate surface area is 33.1 Å². The van der Waals surface area contributed by atoms with Crippen LogP contribution in [0, 0.1) is 0 Å². The van der Waals surface area contributed by atoms with Crippen LogP contribution in [0.2, 0.25) is 0 Å². The first-order chi connectivity index (χ1) is 2.50. The van der Waals surface area contributed by atoms with Crippen LogP contribution in [0.5, 0.6) is 0 Å². The Balaban J connectivity index is 3.13. The van der Waals surface area contributed by atoms with Gasteiger partial charge in [-0.2, -0.15) is 0 Å². The molecule has 0 spiro atoms. The van der Waals surface area contributed by atoms with Gasteiger partial charge in [-0.25, -0.2) is 0 Å². The largest absolute Gasteiger partial charge is 0.462 e. The van der Waals surface area contributed by atoms with Gasteiger partial charge in [0.25, 0.3) is 0 Å². The molecule has 1 nitrogen and oxygen atoms in total. The molecule has 1 heterocycles. The topological polar surface area (TPSA) is 13.1 Å². The smallest absolute Gasteiger partial charge is 0.122 e. The summed E-state index contributed by atoms with van der Waals surface area (Å²) in [5, 5.41) is 0. The van der Waals surface area contributed by atoms with E-state index in [0.717, 1.165) is 0 Å². The van der Waals surface area contributed by atoms with Gasteiger partial charge in [0.15, 0.2) is 0 Å². The summed E-state index contributed by atoms with van der Waals surface area (Å²) in [6.45, 7) is 0. The number of rotatable bonds is 0. The van der Waals surface area contributed by atoms with Crippen LogP contribution < -0.4 is 0 Å². The quantitative estimate of drug-likeness (QED) is 0.492. The molecule has 0 aromatic carbocycles. The van der Waals surface area contributed by atoms with Gasteiger partial charge in [-0.1, -0.05) is 0 Å². The highest BCUT2D eigenvalue weighted by molar-refractivity contribution is 7.89. The van der Waals surface area contributed by atoms with Gasteiger partial charge in [0.2, 0.25) is 0 Å². The molecule has 26 valence electrons. The zero-order valence-corrected chi connectivity index (χ0v) is 4.25. The lowest BCUT2D eigenvalue weighted by atomic mass is 11.7. The summed E-state index contributed by atoms with van der Waals surface area (Å²) in [6, 6.07) is 0. The average molecular weight is 104 g/mol. The van der Waals surface area contributed by atoms with Crippen LogP contribution in [0.25, 0.3) is 0 Å². The summed E-state index contributed by atoms with van der Waals surface area (Å²) in [7, 11) is 2.52. The molecular formula is C2H2OP2. The first kappa shape index (κ1) is 3.33. The maximum atomic E-state index is 4.67. The third-order valence-electron chi connectivity index (χ3n) is 0.283. The van der Waals surface area contributed by atoms with Crippen molar-refractivity contribution in [3.8, 4) is 0 Å². The molecule has 1 rings (SSSR count). The van der Waals surface area contributed by atoms with Gasteiger partial charge in [0.05, 0.1) is 0 Å². The summed E-state index contributed by atoms with van der Waals surface area (Å²) in [5.74, 6) is 3.53. The normalized spacial score (nSPS) is 11.2. The van der Waals surface area contributed by atoms with E-state index in [1.54, 1.807) is 12.0 Å². The van der Waals surface area contributed by atoms with E-state index in [0.29, 0.717) is 0 Å². The van der Waals surface area contributed by atoms with E-state index in [-0.39, 0.29) is 0 Å². The van der Waals surface area contributed by atoms with Gasteiger partial charge in [-0.15, -0.1) is 0 Å². The zero-order chi connectivity index (χ0) is 3.54. The molecule has 1 aromatic rings. The molecule has 0 amide bonds. The lowest BCUT2D eigenvalue weighted by Gasteiger charge is -1.48. The predicted octanol–water partition coefficient (Wildman–Crippen LogP) is 2.44. The standard InChI is InChI=1S/C2H2OP2/c1-3-2-5-4-1/h1-2H. The minimum atomic E-state index is 1.26. The molecule has 5 heavy (non-hydrogen) atoms. The van der Waals surface area contributed by atoms with Crippen molar-refractivity contribution < 1.29 is 4.42 Å². The fraction of sp³-hybridized carbons (Fsp3) is 0. The summed E-state index contributed by atoms with van der Waals surface area (Å²) in [5.41, 5.74) is 0. The molecule has 1 aromatic heterocycles. The van der Waals surface area contributed by atoms with Crippen molar-refractivity contribution in [1.82, 2.24) is 0 Å². The van der Waals surface area contributed by atoms with Crippen LogP contribution in [-0.4, -0.2) is 0 Å². The monoisotopic (exact) mass is 104 g/mol. The van der Waals surface area contributed by atoms with Gasteiger partial charge >= 0.3 is 0 Å². The van der Waals surface area contributed by atoms with Crippen LogP contribution in [0.1, 0.15) is 0 Å². The van der Waals surface area contributed by atoms with Crippen molar-refractivity contribution in [3.05, 3.63) is 12.0 Å². The molecule has 0 aliphatic heterocycles. The molecule has 0 saturated heterocycles. The Bertz CT molecular complexity index is 64.1. The Morgan fingerprint density at radius 2 is 1.80 bits per heavy atom. The van der Waals surface area contributed by atoms with Crippen LogP contribution in [0.4, 0.5) is 0 Å². The third-order valence-corrected chi connectivity index (χ3v) is 1.81. The van der Waals surface area contributed by atoms with Crippen molar-refractivity contribution in [3.63, 3.8) is 0 Å². The van der Waals surface area contributed by atoms with E-state index in [1.807, 2.05) is 0 Å². The van der Waals surface area contributed by atoms with Crippen molar-refractivity contribution in [1.29, 1.82) is 0 Å². The highest BCUT2D eigenvalue weighted by atomic mass is 31.8. The molecule has 0 N–H and O–H groups in total. The van der Waals surface area contributed by atoms with Crippen LogP contribution >= 0.6 is 15.7 Å². The second kappa shape index (κ2) is 1.55. The minimum Gasteiger partial charge on any atom is -0.462 e. The maximum Gasteiger partial charge on any atom is 0.122 e. The highest BCUT2D eigenvalue weighted by Gasteiger charge is 1.61. The highest BCUT2D eigenvalue weighted by Crippen LogP contribution is 2.17. The Morgan fingerprint density at radius 1 is 1.20 bits per heavy atom. The fourth-order valence-corrected chi connectivity index (χ4v) is 1.22. The van der Waals surface area contributed by atoms with E-state index >= 15 is 0 Å². The number of hydrogen-bond donors (Lipinski definition) is 0. The number of hydrogen-bond acceptors (Lipinski definition) is 1. The van der Waals surface area contributed by atoms with Gasteiger partial charge in [0.1, 0.15) is 12.0 Å². The lowest BCUT2D eigenvalue weighted by Crippen LogP contribution is -1.12. The summed E-state index contributed by atoms with van der Waals surface area (Å²) < 4.78 is 4.67. The third kappa shape index (κ3) is 0.718. The summed E-state index contributed by atoms with van der Waals surface area (Å²) in [6.07, 6.45) is 0. The lowest BCUT2D eigenvalue weighted by molar-refractivity contribution is 0.582. The first-order valence-electron chi connectivity index (χ1n) is 1.19. The molecule has 3 heteroatoms. The van der Waals surface area contributed by atoms with Gasteiger partial charge in [-0.05, 0) is 15.7 Å². The zero-order valence-electron chi connectivity index (χ0n) is 2.46. The molecule has 0 fully saturated rings. The van der Waals surface area contributed by atoms with Crippen molar-refractivity contribution >= 4 is 15.7 Å². The molecule has 0 aliphatic carbocycles. The molecule has 0 aliphatic rings. The second-order valence-electron chi connectivity index (χ2n) is 0.578. The summed E-state index contributed by atoms with van der Waals surface area (Å²) in [4.78, 5) is 0. The second-order valence-corrected chi connectivity index (χ2v) is 2.85. The fourth-order valence-electron chi connectivity index (χ4n) is 0.136. The Hall–Kier alpha value is 0.140. The SMILES string of the molecule is c1ocpp1. The molecule has 0 radical (unpaired) electrons.